The molecule has 1 aromatic carbocycles. The number of unbranched alkanes of at least 4 members (excludes halogenated alkanes) is 1. The Kier molecular flexibility index (Phi) is 12.6. The van der Waals surface area contributed by atoms with Crippen molar-refractivity contribution in [2.45, 2.75) is 53.6 Å². The second kappa shape index (κ2) is 14.6. The lowest BCUT2D eigenvalue weighted by atomic mass is 10.1. The summed E-state index contributed by atoms with van der Waals surface area (Å²) < 4.78 is 5.36. The number of nitrogens with zero attached hydrogens (tertiary/aromatic N) is 2. The summed E-state index contributed by atoms with van der Waals surface area (Å²) in [6, 6.07) is 8.82. The van der Waals surface area contributed by atoms with Gasteiger partial charge in [0.15, 0.2) is 5.96 Å². The van der Waals surface area contributed by atoms with E-state index in [1.165, 1.54) is 11.1 Å². The Morgan fingerprint density at radius 1 is 0.962 bits per heavy atom. The van der Waals surface area contributed by atoms with Crippen LogP contribution in [0.25, 0.3) is 0 Å². The quantitative estimate of drug-likeness (QED) is 0.321. The lowest BCUT2D eigenvalue weighted by molar-refractivity contribution is 0.143. The van der Waals surface area contributed by atoms with Crippen LogP contribution in [0.3, 0.4) is 0 Å². The third-order valence-electron chi connectivity index (χ3n) is 4.30. The number of guanidine groups is 1. The van der Waals surface area contributed by atoms with Gasteiger partial charge in [0.1, 0.15) is 0 Å². The molecule has 0 fully saturated rings. The highest BCUT2D eigenvalue weighted by molar-refractivity contribution is 5.79. The minimum absolute atomic E-state index is 0.694. The zero-order valence-electron chi connectivity index (χ0n) is 17.2. The van der Waals surface area contributed by atoms with Gasteiger partial charge in [-0.05, 0) is 50.9 Å². The number of benzene rings is 1. The van der Waals surface area contributed by atoms with Gasteiger partial charge in [-0.3, -0.25) is 4.90 Å². The van der Waals surface area contributed by atoms with Gasteiger partial charge >= 0.3 is 0 Å². The Balaban J connectivity index is 2.44. The van der Waals surface area contributed by atoms with E-state index in [9.17, 15) is 0 Å². The first-order chi connectivity index (χ1) is 12.7. The summed E-state index contributed by atoms with van der Waals surface area (Å²) in [6.07, 6.45) is 2.17. The van der Waals surface area contributed by atoms with E-state index >= 15 is 0 Å². The number of hydrogen-bond donors (Lipinski definition) is 2. The van der Waals surface area contributed by atoms with Gasteiger partial charge in [0.05, 0.1) is 6.54 Å². The largest absolute Gasteiger partial charge is 0.382 e. The summed E-state index contributed by atoms with van der Waals surface area (Å²) in [5.41, 5.74) is 2.60. The van der Waals surface area contributed by atoms with Gasteiger partial charge in [-0.2, -0.15) is 0 Å². The van der Waals surface area contributed by atoms with Gasteiger partial charge in [-0.1, -0.05) is 38.1 Å². The smallest absolute Gasteiger partial charge is 0.191 e. The Morgan fingerprint density at radius 2 is 1.65 bits per heavy atom. The van der Waals surface area contributed by atoms with Gasteiger partial charge in [-0.15, -0.1) is 0 Å². The fourth-order valence-corrected chi connectivity index (χ4v) is 2.65. The van der Waals surface area contributed by atoms with E-state index in [1.807, 2.05) is 6.92 Å². The molecule has 0 saturated heterocycles. The van der Waals surface area contributed by atoms with Crippen LogP contribution in [0.4, 0.5) is 0 Å². The van der Waals surface area contributed by atoms with Gasteiger partial charge < -0.3 is 15.4 Å². The molecule has 0 unspecified atom stereocenters. The number of ether oxygens (including phenoxy) is 1. The average molecular weight is 363 g/mol. The summed E-state index contributed by atoms with van der Waals surface area (Å²) in [4.78, 5) is 7.12. The lowest BCUT2D eigenvalue weighted by Gasteiger charge is -2.18. The molecular weight excluding hydrogens is 324 g/mol. The van der Waals surface area contributed by atoms with Gasteiger partial charge in [0.2, 0.25) is 0 Å². The Morgan fingerprint density at radius 3 is 2.27 bits per heavy atom. The monoisotopic (exact) mass is 362 g/mol. The molecule has 0 aromatic heterocycles. The van der Waals surface area contributed by atoms with Gasteiger partial charge in [-0.25, -0.2) is 4.99 Å². The normalized spacial score (nSPS) is 11.8. The second-order valence-corrected chi connectivity index (χ2v) is 6.30. The predicted octanol–water partition coefficient (Wildman–Crippen LogP) is 3.40. The molecule has 0 amide bonds. The maximum Gasteiger partial charge on any atom is 0.191 e. The SMILES string of the molecule is CCNC(=NCc1ccc(CN(CC)CC)cc1)NCCCCOCC. The van der Waals surface area contributed by atoms with Crippen LogP contribution in [0.2, 0.25) is 0 Å². The molecule has 1 aromatic rings. The highest BCUT2D eigenvalue weighted by Gasteiger charge is 2.02. The van der Waals surface area contributed by atoms with Crippen molar-refractivity contribution in [1.29, 1.82) is 0 Å². The fraction of sp³-hybridized carbons (Fsp3) is 0.667. The first-order valence-electron chi connectivity index (χ1n) is 10.1. The third kappa shape index (κ3) is 9.78. The maximum atomic E-state index is 5.36. The van der Waals surface area contributed by atoms with E-state index < -0.39 is 0 Å². The van der Waals surface area contributed by atoms with Crippen LogP contribution in [0, 0.1) is 0 Å². The minimum atomic E-state index is 0.694. The molecular formula is C21H38N4O. The molecule has 0 saturated carbocycles. The molecule has 0 atom stereocenters. The maximum absolute atomic E-state index is 5.36. The van der Waals surface area contributed by atoms with Crippen molar-refractivity contribution in [3.05, 3.63) is 35.4 Å². The Labute approximate surface area is 160 Å². The van der Waals surface area contributed by atoms with Gasteiger partial charge in [0.25, 0.3) is 0 Å². The summed E-state index contributed by atoms with van der Waals surface area (Å²) >= 11 is 0. The second-order valence-electron chi connectivity index (χ2n) is 6.30. The zero-order valence-corrected chi connectivity index (χ0v) is 17.2. The third-order valence-corrected chi connectivity index (χ3v) is 4.30. The van der Waals surface area contributed by atoms with Crippen molar-refractivity contribution >= 4 is 5.96 Å². The van der Waals surface area contributed by atoms with E-state index in [0.29, 0.717) is 6.54 Å². The van der Waals surface area contributed by atoms with Crippen LogP contribution >= 0.6 is 0 Å². The first-order valence-corrected chi connectivity index (χ1v) is 10.1. The van der Waals surface area contributed by atoms with Crippen LogP contribution in [-0.4, -0.2) is 50.3 Å². The summed E-state index contributed by atoms with van der Waals surface area (Å²) in [5.74, 6) is 0.885. The summed E-state index contributed by atoms with van der Waals surface area (Å²) in [6.45, 7) is 15.8. The molecule has 0 spiro atoms. The van der Waals surface area contributed by atoms with Crippen LogP contribution < -0.4 is 10.6 Å². The fourth-order valence-electron chi connectivity index (χ4n) is 2.65. The van der Waals surface area contributed by atoms with E-state index in [0.717, 1.165) is 64.7 Å². The van der Waals surface area contributed by atoms with Crippen molar-refractivity contribution in [2.75, 3.05) is 39.4 Å². The van der Waals surface area contributed by atoms with Crippen molar-refractivity contribution in [2.24, 2.45) is 4.99 Å². The lowest BCUT2D eigenvalue weighted by Crippen LogP contribution is -2.37. The van der Waals surface area contributed by atoms with E-state index in [2.05, 4.69) is 60.6 Å². The molecule has 0 bridgehead atoms. The van der Waals surface area contributed by atoms with Gasteiger partial charge in [0, 0.05) is 32.8 Å². The summed E-state index contributed by atoms with van der Waals surface area (Å²) in [7, 11) is 0. The molecule has 0 radical (unpaired) electrons. The van der Waals surface area contributed by atoms with Crippen molar-refractivity contribution in [3.63, 3.8) is 0 Å². The highest BCUT2D eigenvalue weighted by atomic mass is 16.5. The predicted molar refractivity (Wildman–Crippen MR) is 112 cm³/mol. The van der Waals surface area contributed by atoms with E-state index in [1.54, 1.807) is 0 Å². The van der Waals surface area contributed by atoms with Crippen molar-refractivity contribution < 1.29 is 4.74 Å². The van der Waals surface area contributed by atoms with Crippen LogP contribution in [-0.2, 0) is 17.8 Å². The number of rotatable bonds is 13. The number of hydrogen-bond acceptors (Lipinski definition) is 3. The molecule has 1 rings (SSSR count). The number of aliphatic imine (C=N–C) groups is 1. The highest BCUT2D eigenvalue weighted by Crippen LogP contribution is 2.08. The zero-order chi connectivity index (χ0) is 19.0. The van der Waals surface area contributed by atoms with E-state index in [4.69, 9.17) is 9.73 Å². The molecule has 0 aliphatic rings. The van der Waals surface area contributed by atoms with Crippen LogP contribution in [0.1, 0.15) is 51.7 Å². The molecule has 148 valence electrons. The van der Waals surface area contributed by atoms with Crippen molar-refractivity contribution in [1.82, 2.24) is 15.5 Å². The molecule has 26 heavy (non-hydrogen) atoms. The molecule has 0 aliphatic carbocycles. The molecule has 0 heterocycles. The average Bonchev–Trinajstić information content (AvgIpc) is 2.67. The molecule has 5 heteroatoms. The summed E-state index contributed by atoms with van der Waals surface area (Å²) in [5, 5.41) is 6.71. The minimum Gasteiger partial charge on any atom is -0.382 e. The van der Waals surface area contributed by atoms with Crippen LogP contribution in [0.5, 0.6) is 0 Å². The Hall–Kier alpha value is -1.59. The van der Waals surface area contributed by atoms with Crippen molar-refractivity contribution in [3.8, 4) is 0 Å². The first kappa shape index (κ1) is 22.5. The number of nitrogens with one attached hydrogen (secondary N) is 2. The standard InChI is InChI=1S/C21H38N4O/c1-5-22-21(23-15-9-10-16-26-8-4)24-17-19-11-13-20(14-12-19)18-25(6-2)7-3/h11-14H,5-10,15-18H2,1-4H3,(H2,22,23,24). The molecule has 0 aliphatic heterocycles. The van der Waals surface area contributed by atoms with Crippen LogP contribution in [0.15, 0.2) is 29.3 Å². The van der Waals surface area contributed by atoms with E-state index in [-0.39, 0.29) is 0 Å². The molecule has 5 nitrogen and oxygen atoms in total. The topological polar surface area (TPSA) is 48.9 Å². The molecule has 2 N–H and O–H groups in total. The Bertz CT molecular complexity index is 483.